The summed E-state index contributed by atoms with van der Waals surface area (Å²) in [6, 6.07) is 32.1. The van der Waals surface area contributed by atoms with E-state index in [1.807, 2.05) is 113 Å². The minimum Gasteiger partial charge on any atom is -0.457 e. The predicted molar refractivity (Wildman–Crippen MR) is 179 cm³/mol. The summed E-state index contributed by atoms with van der Waals surface area (Å²) in [5.74, 6) is 0.343. The number of carbonyl (C=O) groups is 2. The van der Waals surface area contributed by atoms with Crippen LogP contribution in [0.1, 0.15) is 37.5 Å². The molecule has 4 rings (SSSR count). The highest BCUT2D eigenvalue weighted by Gasteiger charge is 2.34. The van der Waals surface area contributed by atoms with Crippen molar-refractivity contribution < 1.29 is 22.7 Å². The molecule has 0 saturated carbocycles. The minimum atomic E-state index is -3.89. The first-order valence-electron chi connectivity index (χ1n) is 14.8. The Hall–Kier alpha value is -4.63. The van der Waals surface area contributed by atoms with Crippen molar-refractivity contribution in [2.24, 2.45) is 0 Å². The van der Waals surface area contributed by atoms with Gasteiger partial charge < -0.3 is 15.0 Å². The number of anilines is 1. The van der Waals surface area contributed by atoms with E-state index >= 15 is 0 Å². The van der Waals surface area contributed by atoms with Gasteiger partial charge in [0.05, 0.1) is 11.9 Å². The van der Waals surface area contributed by atoms with Crippen LogP contribution < -0.4 is 14.4 Å². The molecule has 0 radical (unpaired) electrons. The number of amides is 2. The number of nitrogens with one attached hydrogen (secondary N) is 1. The lowest BCUT2D eigenvalue weighted by Gasteiger charge is -2.35. The Morgan fingerprint density at radius 3 is 1.96 bits per heavy atom. The molecule has 1 atom stereocenters. The van der Waals surface area contributed by atoms with E-state index in [0.29, 0.717) is 17.2 Å². The maximum Gasteiger partial charge on any atom is 0.244 e. The molecular weight excluding hydrogens is 586 g/mol. The topological polar surface area (TPSA) is 96.0 Å². The van der Waals surface area contributed by atoms with Crippen molar-refractivity contribution in [1.82, 2.24) is 10.2 Å². The zero-order chi connectivity index (χ0) is 32.6. The Kier molecular flexibility index (Phi) is 10.7. The monoisotopic (exact) mass is 627 g/mol. The molecule has 1 N–H and O–H groups in total. The van der Waals surface area contributed by atoms with Gasteiger partial charge in [-0.2, -0.15) is 0 Å². The highest BCUT2D eigenvalue weighted by molar-refractivity contribution is 7.92. The first-order chi connectivity index (χ1) is 21.3. The molecule has 2 amide bonds. The van der Waals surface area contributed by atoms with Crippen molar-refractivity contribution in [2.45, 2.75) is 52.2 Å². The van der Waals surface area contributed by atoms with Gasteiger partial charge in [-0.05, 0) is 75.2 Å². The molecule has 0 heterocycles. The molecule has 1 unspecified atom stereocenters. The number of ether oxygens (including phenoxy) is 1. The van der Waals surface area contributed by atoms with Crippen molar-refractivity contribution in [3.8, 4) is 11.5 Å². The van der Waals surface area contributed by atoms with Crippen LogP contribution in [0.2, 0.25) is 0 Å². The third-order valence-electron chi connectivity index (χ3n) is 6.99. The van der Waals surface area contributed by atoms with E-state index in [2.05, 4.69) is 5.32 Å². The largest absolute Gasteiger partial charge is 0.457 e. The van der Waals surface area contributed by atoms with Crippen molar-refractivity contribution in [3.05, 3.63) is 126 Å². The van der Waals surface area contributed by atoms with Gasteiger partial charge in [-0.3, -0.25) is 13.9 Å². The lowest BCUT2D eigenvalue weighted by Crippen LogP contribution is -2.56. The molecule has 236 valence electrons. The van der Waals surface area contributed by atoms with E-state index in [1.165, 1.54) is 4.90 Å². The fourth-order valence-electron chi connectivity index (χ4n) is 4.93. The standard InChI is InChI=1S/C36H41N3O5S/c1-27-13-12-16-29(23-27)25-38(33(35(41)37-36(2,3)4)24-28-14-8-6-9-15-28)34(40)26-39(45(5,42)43)30-19-21-32(22-20-30)44-31-17-10-7-11-18-31/h6-23,33H,24-26H2,1-5H3,(H,37,41). The average Bonchev–Trinajstić information content (AvgIpc) is 2.98. The summed E-state index contributed by atoms with van der Waals surface area (Å²) in [4.78, 5) is 29.6. The van der Waals surface area contributed by atoms with Crippen molar-refractivity contribution in [2.75, 3.05) is 17.1 Å². The Morgan fingerprint density at radius 1 is 0.800 bits per heavy atom. The van der Waals surface area contributed by atoms with Crippen molar-refractivity contribution >= 4 is 27.5 Å². The van der Waals surface area contributed by atoms with Gasteiger partial charge in [0, 0.05) is 18.5 Å². The van der Waals surface area contributed by atoms with Gasteiger partial charge in [-0.15, -0.1) is 0 Å². The summed E-state index contributed by atoms with van der Waals surface area (Å²) in [7, 11) is -3.89. The molecule has 0 aliphatic carbocycles. The van der Waals surface area contributed by atoms with Crippen LogP contribution in [0, 0.1) is 6.92 Å². The number of sulfonamides is 1. The SMILES string of the molecule is Cc1cccc(CN(C(=O)CN(c2ccc(Oc3ccccc3)cc2)S(C)(=O)=O)C(Cc2ccccc2)C(=O)NC(C)(C)C)c1. The van der Waals surface area contributed by atoms with Gasteiger partial charge in [-0.1, -0.05) is 78.4 Å². The van der Waals surface area contributed by atoms with Crippen LogP contribution in [0.3, 0.4) is 0 Å². The summed E-state index contributed by atoms with van der Waals surface area (Å²) < 4.78 is 33.1. The minimum absolute atomic E-state index is 0.122. The van der Waals surface area contributed by atoms with Crippen LogP contribution in [-0.4, -0.2) is 49.5 Å². The van der Waals surface area contributed by atoms with Gasteiger partial charge in [0.2, 0.25) is 21.8 Å². The van der Waals surface area contributed by atoms with E-state index in [1.54, 1.807) is 24.3 Å². The highest BCUT2D eigenvalue weighted by atomic mass is 32.2. The number of nitrogens with zero attached hydrogens (tertiary/aromatic N) is 2. The molecule has 0 bridgehead atoms. The lowest BCUT2D eigenvalue weighted by molar-refractivity contribution is -0.140. The molecule has 0 saturated heterocycles. The second-order valence-corrected chi connectivity index (χ2v) is 14.0. The van der Waals surface area contributed by atoms with E-state index in [4.69, 9.17) is 4.74 Å². The number of rotatable bonds is 12. The van der Waals surface area contributed by atoms with Crippen LogP contribution in [0.5, 0.6) is 11.5 Å². The first kappa shape index (κ1) is 33.3. The smallest absolute Gasteiger partial charge is 0.244 e. The number of aryl methyl sites for hydroxylation is 1. The fourth-order valence-corrected chi connectivity index (χ4v) is 5.78. The van der Waals surface area contributed by atoms with E-state index in [0.717, 1.165) is 27.3 Å². The number of hydrogen-bond acceptors (Lipinski definition) is 5. The zero-order valence-electron chi connectivity index (χ0n) is 26.4. The molecule has 4 aromatic carbocycles. The van der Waals surface area contributed by atoms with Gasteiger partial charge >= 0.3 is 0 Å². The molecule has 9 heteroatoms. The number of para-hydroxylation sites is 1. The summed E-state index contributed by atoms with van der Waals surface area (Å²) in [5.41, 5.74) is 2.47. The molecular formula is C36H41N3O5S. The molecule has 0 aliphatic rings. The maximum absolute atomic E-state index is 14.3. The molecule has 4 aromatic rings. The molecule has 45 heavy (non-hydrogen) atoms. The third-order valence-corrected chi connectivity index (χ3v) is 8.13. The average molecular weight is 628 g/mol. The lowest BCUT2D eigenvalue weighted by atomic mass is 10.0. The highest BCUT2D eigenvalue weighted by Crippen LogP contribution is 2.26. The Labute approximate surface area is 266 Å². The molecule has 0 aliphatic heterocycles. The normalized spacial score (nSPS) is 12.2. The Balaban J connectivity index is 1.69. The second kappa shape index (κ2) is 14.4. The summed E-state index contributed by atoms with van der Waals surface area (Å²) in [6.45, 7) is 7.24. The Morgan fingerprint density at radius 2 is 1.38 bits per heavy atom. The van der Waals surface area contributed by atoms with Gasteiger partial charge in [-0.25, -0.2) is 8.42 Å². The van der Waals surface area contributed by atoms with Gasteiger partial charge in [0.15, 0.2) is 0 Å². The molecule has 0 spiro atoms. The third kappa shape index (κ3) is 9.94. The number of carbonyl (C=O) groups excluding carboxylic acids is 2. The van der Waals surface area contributed by atoms with Crippen LogP contribution in [0.4, 0.5) is 5.69 Å². The van der Waals surface area contributed by atoms with Gasteiger partial charge in [0.1, 0.15) is 24.1 Å². The van der Waals surface area contributed by atoms with Gasteiger partial charge in [0.25, 0.3) is 0 Å². The zero-order valence-corrected chi connectivity index (χ0v) is 27.3. The summed E-state index contributed by atoms with van der Waals surface area (Å²) >= 11 is 0. The quantitative estimate of drug-likeness (QED) is 0.205. The van der Waals surface area contributed by atoms with Crippen LogP contribution >= 0.6 is 0 Å². The molecule has 8 nitrogen and oxygen atoms in total. The second-order valence-electron chi connectivity index (χ2n) is 12.1. The fraction of sp³-hybridized carbons (Fsp3) is 0.278. The number of hydrogen-bond donors (Lipinski definition) is 1. The van der Waals surface area contributed by atoms with Crippen molar-refractivity contribution in [3.63, 3.8) is 0 Å². The van der Waals surface area contributed by atoms with Crippen LogP contribution in [-0.2, 0) is 32.6 Å². The van der Waals surface area contributed by atoms with E-state index in [-0.39, 0.29) is 18.9 Å². The van der Waals surface area contributed by atoms with Crippen LogP contribution in [0.15, 0.2) is 109 Å². The first-order valence-corrected chi connectivity index (χ1v) is 16.6. The maximum atomic E-state index is 14.3. The summed E-state index contributed by atoms with van der Waals surface area (Å²) in [6.07, 6.45) is 1.32. The van der Waals surface area contributed by atoms with E-state index < -0.39 is 34.1 Å². The van der Waals surface area contributed by atoms with E-state index in [9.17, 15) is 18.0 Å². The molecule has 0 aromatic heterocycles. The van der Waals surface area contributed by atoms with Crippen molar-refractivity contribution in [1.29, 1.82) is 0 Å². The predicted octanol–water partition coefficient (Wildman–Crippen LogP) is 6.11. The molecule has 0 fully saturated rings. The number of benzene rings is 4. The van der Waals surface area contributed by atoms with Crippen LogP contribution in [0.25, 0.3) is 0 Å². The Bertz CT molecular complexity index is 1690. The summed E-state index contributed by atoms with van der Waals surface area (Å²) in [5, 5.41) is 3.03.